The van der Waals surface area contributed by atoms with Crippen molar-refractivity contribution >= 4 is 11.9 Å². The summed E-state index contributed by atoms with van der Waals surface area (Å²) in [6.07, 6.45) is -0.355. The highest BCUT2D eigenvalue weighted by Gasteiger charge is 2.38. The number of nitriles is 1. The molecule has 0 spiro atoms. The van der Waals surface area contributed by atoms with Gasteiger partial charge in [-0.15, -0.1) is 0 Å². The zero-order chi connectivity index (χ0) is 22.3. The summed E-state index contributed by atoms with van der Waals surface area (Å²) in [5.74, 6) is -1.61. The van der Waals surface area contributed by atoms with Gasteiger partial charge in [0.2, 0.25) is 5.88 Å². The molecule has 0 radical (unpaired) electrons. The number of rotatable bonds is 8. The molecule has 30 heavy (non-hydrogen) atoms. The summed E-state index contributed by atoms with van der Waals surface area (Å²) in [6, 6.07) is 7.02. The smallest absolute Gasteiger partial charge is 0.338 e. The van der Waals surface area contributed by atoms with Crippen LogP contribution in [0.3, 0.4) is 0 Å². The minimum atomic E-state index is -0.925. The molecule has 9 heteroatoms. The van der Waals surface area contributed by atoms with Crippen LogP contribution in [0.25, 0.3) is 0 Å². The van der Waals surface area contributed by atoms with Gasteiger partial charge in [-0.1, -0.05) is 6.07 Å². The van der Waals surface area contributed by atoms with Crippen molar-refractivity contribution < 1.29 is 33.3 Å². The number of hydrogen-bond acceptors (Lipinski definition) is 9. The quantitative estimate of drug-likeness (QED) is 0.634. The average molecular weight is 416 g/mol. The summed E-state index contributed by atoms with van der Waals surface area (Å²) in [4.78, 5) is 24.5. The molecule has 0 fully saturated rings. The van der Waals surface area contributed by atoms with Gasteiger partial charge in [0.1, 0.15) is 23.8 Å². The average Bonchev–Trinajstić information content (AvgIpc) is 2.74. The summed E-state index contributed by atoms with van der Waals surface area (Å²) in [7, 11) is 2.40. The van der Waals surface area contributed by atoms with Gasteiger partial charge >= 0.3 is 11.9 Å². The first-order valence-corrected chi connectivity index (χ1v) is 9.26. The lowest BCUT2D eigenvalue weighted by Crippen LogP contribution is -2.27. The standard InChI is InChI=1S/C21H24N2O7/c1-5-28-14-8-7-12(9-15(14)29-6-2)18-13(11-22)20(23)30-16(10-17(24)26-3)19(18)21(25)27-4/h7-9,18H,5-6,10,23H2,1-4H3/t18-/m1/s1. The number of nitrogens with zero attached hydrogens (tertiary/aromatic N) is 1. The summed E-state index contributed by atoms with van der Waals surface area (Å²) < 4.78 is 26.2. The van der Waals surface area contributed by atoms with Crippen molar-refractivity contribution in [3.63, 3.8) is 0 Å². The first kappa shape index (κ1) is 22.6. The van der Waals surface area contributed by atoms with Crippen molar-refractivity contribution in [2.24, 2.45) is 5.73 Å². The lowest BCUT2D eigenvalue weighted by Gasteiger charge is -2.28. The Morgan fingerprint density at radius 1 is 1.13 bits per heavy atom. The van der Waals surface area contributed by atoms with Crippen LogP contribution >= 0.6 is 0 Å². The molecule has 1 aliphatic rings. The molecular formula is C21H24N2O7. The van der Waals surface area contributed by atoms with Gasteiger partial charge in [0, 0.05) is 0 Å². The van der Waals surface area contributed by atoms with Gasteiger partial charge in [-0.25, -0.2) is 4.79 Å². The molecule has 1 aromatic carbocycles. The SMILES string of the molecule is CCOc1ccc([C@@H]2C(C#N)=C(N)OC(CC(=O)OC)=C2C(=O)OC)cc1OCC. The summed E-state index contributed by atoms with van der Waals surface area (Å²) in [5.41, 5.74) is 6.46. The van der Waals surface area contributed by atoms with Crippen molar-refractivity contribution in [3.05, 3.63) is 46.6 Å². The van der Waals surface area contributed by atoms with Crippen LogP contribution in [0.4, 0.5) is 0 Å². The third-order valence-corrected chi connectivity index (χ3v) is 4.34. The Labute approximate surface area is 174 Å². The zero-order valence-corrected chi connectivity index (χ0v) is 17.3. The monoisotopic (exact) mass is 416 g/mol. The highest BCUT2D eigenvalue weighted by molar-refractivity contribution is 5.93. The second-order valence-corrected chi connectivity index (χ2v) is 6.08. The molecular weight excluding hydrogens is 392 g/mol. The van der Waals surface area contributed by atoms with E-state index >= 15 is 0 Å². The lowest BCUT2D eigenvalue weighted by molar-refractivity contribution is -0.140. The van der Waals surface area contributed by atoms with Gasteiger partial charge in [-0.05, 0) is 31.5 Å². The van der Waals surface area contributed by atoms with Crippen LogP contribution in [0.15, 0.2) is 41.0 Å². The molecule has 1 aromatic rings. The third-order valence-electron chi connectivity index (χ3n) is 4.34. The predicted molar refractivity (Wildman–Crippen MR) is 105 cm³/mol. The molecule has 0 aliphatic carbocycles. The van der Waals surface area contributed by atoms with E-state index in [1.807, 2.05) is 19.9 Å². The molecule has 0 saturated carbocycles. The first-order valence-electron chi connectivity index (χ1n) is 9.26. The fourth-order valence-electron chi connectivity index (χ4n) is 3.07. The molecule has 160 valence electrons. The van der Waals surface area contributed by atoms with E-state index in [1.165, 1.54) is 14.2 Å². The van der Waals surface area contributed by atoms with Gasteiger partial charge in [0.25, 0.3) is 0 Å². The fourth-order valence-corrected chi connectivity index (χ4v) is 3.07. The second kappa shape index (κ2) is 10.2. The maximum Gasteiger partial charge on any atom is 0.338 e. The van der Waals surface area contributed by atoms with Gasteiger partial charge in [-0.3, -0.25) is 4.79 Å². The number of carbonyl (C=O) groups is 2. The van der Waals surface area contributed by atoms with E-state index < -0.39 is 17.9 Å². The van der Waals surface area contributed by atoms with Gasteiger partial charge < -0.3 is 29.4 Å². The van der Waals surface area contributed by atoms with E-state index in [0.717, 1.165) is 0 Å². The Kier molecular flexibility index (Phi) is 7.69. The number of ether oxygens (including phenoxy) is 5. The molecule has 1 heterocycles. The number of nitrogens with two attached hydrogens (primary N) is 1. The molecule has 2 N–H and O–H groups in total. The molecule has 1 aliphatic heterocycles. The highest BCUT2D eigenvalue weighted by atomic mass is 16.5. The van der Waals surface area contributed by atoms with Crippen LogP contribution in [0.5, 0.6) is 11.5 Å². The van der Waals surface area contributed by atoms with Gasteiger partial charge in [0.15, 0.2) is 11.5 Å². The summed E-state index contributed by atoms with van der Waals surface area (Å²) in [5, 5.41) is 9.70. The maximum atomic E-state index is 12.6. The summed E-state index contributed by atoms with van der Waals surface area (Å²) in [6.45, 7) is 4.48. The van der Waals surface area contributed by atoms with Crippen molar-refractivity contribution in [2.45, 2.75) is 26.2 Å². The van der Waals surface area contributed by atoms with Crippen LogP contribution < -0.4 is 15.2 Å². The molecule has 0 bridgehead atoms. The topological polar surface area (TPSA) is 130 Å². The van der Waals surface area contributed by atoms with Crippen LogP contribution in [0.2, 0.25) is 0 Å². The molecule has 1 atom stereocenters. The van der Waals surface area contributed by atoms with Crippen molar-refractivity contribution in [1.29, 1.82) is 5.26 Å². The number of methoxy groups -OCH3 is 2. The number of carbonyl (C=O) groups excluding carboxylic acids is 2. The molecule has 0 aromatic heterocycles. The lowest BCUT2D eigenvalue weighted by atomic mass is 9.82. The van der Waals surface area contributed by atoms with E-state index in [1.54, 1.807) is 18.2 Å². The molecule has 0 amide bonds. The van der Waals surface area contributed by atoms with Crippen molar-refractivity contribution in [2.75, 3.05) is 27.4 Å². The van der Waals surface area contributed by atoms with Crippen LogP contribution in [-0.2, 0) is 23.8 Å². The minimum Gasteiger partial charge on any atom is -0.490 e. The fraction of sp³-hybridized carbons (Fsp3) is 0.381. The third kappa shape index (κ3) is 4.66. The maximum absolute atomic E-state index is 12.6. The number of allylic oxidation sites excluding steroid dienone is 1. The van der Waals surface area contributed by atoms with Crippen LogP contribution in [-0.4, -0.2) is 39.4 Å². The van der Waals surface area contributed by atoms with E-state index in [2.05, 4.69) is 4.74 Å². The van der Waals surface area contributed by atoms with E-state index in [9.17, 15) is 14.9 Å². The zero-order valence-electron chi connectivity index (χ0n) is 17.3. The summed E-state index contributed by atoms with van der Waals surface area (Å²) >= 11 is 0. The normalized spacial score (nSPS) is 15.8. The Hall–Kier alpha value is -3.67. The van der Waals surface area contributed by atoms with Gasteiger partial charge in [-0.2, -0.15) is 5.26 Å². The number of benzene rings is 1. The van der Waals surface area contributed by atoms with Crippen LogP contribution in [0, 0.1) is 11.3 Å². The Bertz CT molecular complexity index is 928. The van der Waals surface area contributed by atoms with E-state index in [-0.39, 0.29) is 29.2 Å². The minimum absolute atomic E-state index is 0.00984. The van der Waals surface area contributed by atoms with Crippen LogP contribution in [0.1, 0.15) is 31.7 Å². The van der Waals surface area contributed by atoms with Gasteiger partial charge in [0.05, 0.1) is 38.9 Å². The van der Waals surface area contributed by atoms with E-state index in [4.69, 9.17) is 24.7 Å². The molecule has 2 rings (SSSR count). The van der Waals surface area contributed by atoms with Crippen molar-refractivity contribution in [1.82, 2.24) is 0 Å². The highest BCUT2D eigenvalue weighted by Crippen LogP contribution is 2.43. The first-order chi connectivity index (χ1) is 14.4. The number of esters is 2. The van der Waals surface area contributed by atoms with E-state index in [0.29, 0.717) is 30.3 Å². The Morgan fingerprint density at radius 2 is 1.80 bits per heavy atom. The molecule has 0 unspecified atom stereocenters. The van der Waals surface area contributed by atoms with Crippen molar-refractivity contribution in [3.8, 4) is 17.6 Å². The number of hydrogen-bond donors (Lipinski definition) is 1. The Morgan fingerprint density at radius 3 is 2.37 bits per heavy atom. The second-order valence-electron chi connectivity index (χ2n) is 6.08. The molecule has 9 nitrogen and oxygen atoms in total. The Balaban J connectivity index is 2.70. The molecule has 0 saturated heterocycles. The largest absolute Gasteiger partial charge is 0.490 e. The predicted octanol–water partition coefficient (Wildman–Crippen LogP) is 2.28.